The topological polar surface area (TPSA) is 62.7 Å². The standard InChI is InChI=1S/C14H15ClN2O3S/c1-3-20-11-7-9(6-10(15)13(11)18)14(19)17(2)8-12-16-4-5-21-12/h4-7,18H,3,8H2,1-2H3. The van der Waals surface area contributed by atoms with E-state index in [0.717, 1.165) is 5.01 Å². The van der Waals surface area contributed by atoms with Crippen molar-refractivity contribution in [3.05, 3.63) is 39.3 Å². The van der Waals surface area contributed by atoms with Gasteiger partial charge in [-0.1, -0.05) is 11.6 Å². The number of amides is 1. The number of aromatic nitrogens is 1. The molecule has 0 saturated carbocycles. The molecule has 1 aromatic carbocycles. The SMILES string of the molecule is CCOc1cc(C(=O)N(C)Cc2nccs2)cc(Cl)c1O. The Balaban J connectivity index is 2.22. The second-order valence-corrected chi connectivity index (χ2v) is 5.71. The lowest BCUT2D eigenvalue weighted by atomic mass is 10.1. The maximum atomic E-state index is 12.4. The zero-order chi connectivity index (χ0) is 15.4. The molecule has 112 valence electrons. The molecule has 0 atom stereocenters. The van der Waals surface area contributed by atoms with Crippen molar-refractivity contribution in [1.82, 2.24) is 9.88 Å². The highest BCUT2D eigenvalue weighted by atomic mass is 35.5. The number of nitrogens with zero attached hydrogens (tertiary/aromatic N) is 2. The Morgan fingerprint density at radius 3 is 2.90 bits per heavy atom. The molecule has 0 aliphatic rings. The summed E-state index contributed by atoms with van der Waals surface area (Å²) in [6.45, 7) is 2.58. The third kappa shape index (κ3) is 3.65. The van der Waals surface area contributed by atoms with Gasteiger partial charge in [-0.15, -0.1) is 11.3 Å². The molecule has 0 unspecified atom stereocenters. The summed E-state index contributed by atoms with van der Waals surface area (Å²) in [5.41, 5.74) is 0.361. The van der Waals surface area contributed by atoms with Gasteiger partial charge in [-0.05, 0) is 19.1 Å². The van der Waals surface area contributed by atoms with E-state index in [-0.39, 0.29) is 22.4 Å². The highest BCUT2D eigenvalue weighted by Gasteiger charge is 2.18. The van der Waals surface area contributed by atoms with Crippen LogP contribution in [0.1, 0.15) is 22.3 Å². The Morgan fingerprint density at radius 1 is 1.52 bits per heavy atom. The largest absolute Gasteiger partial charge is 0.503 e. The minimum Gasteiger partial charge on any atom is -0.503 e. The van der Waals surface area contributed by atoms with E-state index in [1.54, 1.807) is 20.2 Å². The summed E-state index contributed by atoms with van der Waals surface area (Å²) >= 11 is 7.42. The van der Waals surface area contributed by atoms with Crippen molar-refractivity contribution in [1.29, 1.82) is 0 Å². The first-order valence-electron chi connectivity index (χ1n) is 6.32. The Morgan fingerprint density at radius 2 is 2.29 bits per heavy atom. The van der Waals surface area contributed by atoms with Gasteiger partial charge in [0.2, 0.25) is 0 Å². The van der Waals surface area contributed by atoms with Crippen LogP contribution in [0.4, 0.5) is 0 Å². The van der Waals surface area contributed by atoms with E-state index in [1.807, 2.05) is 5.38 Å². The molecule has 0 aliphatic heterocycles. The first-order valence-corrected chi connectivity index (χ1v) is 7.57. The molecule has 1 heterocycles. The van der Waals surface area contributed by atoms with Gasteiger partial charge in [0.25, 0.3) is 5.91 Å². The van der Waals surface area contributed by atoms with Crippen LogP contribution >= 0.6 is 22.9 Å². The summed E-state index contributed by atoms with van der Waals surface area (Å²) in [5.74, 6) is -0.165. The monoisotopic (exact) mass is 326 g/mol. The summed E-state index contributed by atoms with van der Waals surface area (Å²) in [6.07, 6.45) is 1.70. The molecule has 0 aliphatic carbocycles. The van der Waals surface area contributed by atoms with Crippen molar-refractivity contribution in [2.75, 3.05) is 13.7 Å². The molecule has 5 nitrogen and oxygen atoms in total. The van der Waals surface area contributed by atoms with Gasteiger partial charge in [-0.3, -0.25) is 4.79 Å². The molecule has 1 amide bonds. The fourth-order valence-electron chi connectivity index (χ4n) is 1.79. The van der Waals surface area contributed by atoms with Gasteiger partial charge < -0.3 is 14.7 Å². The lowest BCUT2D eigenvalue weighted by Gasteiger charge is -2.17. The molecule has 0 spiro atoms. The van der Waals surface area contributed by atoms with E-state index < -0.39 is 0 Å². The summed E-state index contributed by atoms with van der Waals surface area (Å²) in [4.78, 5) is 18.1. The molecule has 2 rings (SSSR count). The maximum absolute atomic E-state index is 12.4. The summed E-state index contributed by atoms with van der Waals surface area (Å²) in [7, 11) is 1.69. The summed E-state index contributed by atoms with van der Waals surface area (Å²) in [5, 5.41) is 12.6. The van der Waals surface area contributed by atoms with E-state index in [2.05, 4.69) is 4.98 Å². The molecule has 1 aromatic heterocycles. The minimum atomic E-state index is -0.215. The molecule has 2 aromatic rings. The highest BCUT2D eigenvalue weighted by molar-refractivity contribution is 7.09. The van der Waals surface area contributed by atoms with Gasteiger partial charge in [-0.25, -0.2) is 4.98 Å². The third-order valence-electron chi connectivity index (χ3n) is 2.78. The zero-order valence-corrected chi connectivity index (χ0v) is 13.2. The summed E-state index contributed by atoms with van der Waals surface area (Å²) < 4.78 is 5.28. The van der Waals surface area contributed by atoms with Crippen molar-refractivity contribution < 1.29 is 14.6 Å². The van der Waals surface area contributed by atoms with Crippen LogP contribution in [0, 0.1) is 0 Å². The number of phenols is 1. The van der Waals surface area contributed by atoms with Crippen LogP contribution in [-0.2, 0) is 6.54 Å². The zero-order valence-electron chi connectivity index (χ0n) is 11.7. The second-order valence-electron chi connectivity index (χ2n) is 4.32. The van der Waals surface area contributed by atoms with Crippen molar-refractivity contribution in [3.63, 3.8) is 0 Å². The smallest absolute Gasteiger partial charge is 0.254 e. The lowest BCUT2D eigenvalue weighted by molar-refractivity contribution is 0.0784. The van der Waals surface area contributed by atoms with Gasteiger partial charge in [0.05, 0.1) is 18.2 Å². The quantitative estimate of drug-likeness (QED) is 0.916. The minimum absolute atomic E-state index is 0.0898. The third-order valence-corrected chi connectivity index (χ3v) is 3.83. The highest BCUT2D eigenvalue weighted by Crippen LogP contribution is 2.35. The molecule has 1 N–H and O–H groups in total. The summed E-state index contributed by atoms with van der Waals surface area (Å²) in [6, 6.07) is 2.92. The number of thiazole rings is 1. The van der Waals surface area contributed by atoms with Crippen LogP contribution in [0.3, 0.4) is 0 Å². The number of rotatable bonds is 5. The van der Waals surface area contributed by atoms with Gasteiger partial charge in [0.1, 0.15) is 5.01 Å². The molecular formula is C14H15ClN2O3S. The van der Waals surface area contributed by atoms with Crippen LogP contribution < -0.4 is 4.74 Å². The number of benzene rings is 1. The molecule has 7 heteroatoms. The normalized spacial score (nSPS) is 10.4. The number of ether oxygens (including phenoxy) is 1. The van der Waals surface area contributed by atoms with Gasteiger partial charge in [0, 0.05) is 24.2 Å². The van der Waals surface area contributed by atoms with Gasteiger partial charge >= 0.3 is 0 Å². The van der Waals surface area contributed by atoms with Crippen molar-refractivity contribution in [2.45, 2.75) is 13.5 Å². The number of phenolic OH excluding ortho intramolecular Hbond substituents is 1. The molecular weight excluding hydrogens is 312 g/mol. The Labute approximate surface area is 131 Å². The number of hydrogen-bond acceptors (Lipinski definition) is 5. The van der Waals surface area contributed by atoms with E-state index in [9.17, 15) is 9.90 Å². The Bertz CT molecular complexity index is 631. The fourth-order valence-corrected chi connectivity index (χ4v) is 2.67. The lowest BCUT2D eigenvalue weighted by Crippen LogP contribution is -2.26. The number of carbonyl (C=O) groups is 1. The fraction of sp³-hybridized carbons (Fsp3) is 0.286. The molecule has 0 saturated heterocycles. The van der Waals surface area contributed by atoms with Crippen molar-refractivity contribution in [3.8, 4) is 11.5 Å². The van der Waals surface area contributed by atoms with Crippen LogP contribution in [0.15, 0.2) is 23.7 Å². The second kappa shape index (κ2) is 6.78. The maximum Gasteiger partial charge on any atom is 0.254 e. The Hall–Kier alpha value is -1.79. The molecule has 0 fully saturated rings. The van der Waals surface area contributed by atoms with Gasteiger partial charge in [-0.2, -0.15) is 0 Å². The predicted octanol–water partition coefficient (Wildman–Crippen LogP) is 3.17. The number of carbonyl (C=O) groups excluding carboxylic acids is 1. The van der Waals surface area contributed by atoms with Crippen molar-refractivity contribution >= 4 is 28.8 Å². The van der Waals surface area contributed by atoms with Crippen molar-refractivity contribution in [2.24, 2.45) is 0 Å². The van der Waals surface area contributed by atoms with E-state index in [0.29, 0.717) is 18.7 Å². The number of halogens is 1. The average Bonchev–Trinajstić information content (AvgIpc) is 2.95. The number of hydrogen-bond donors (Lipinski definition) is 1. The molecule has 0 bridgehead atoms. The first-order chi connectivity index (χ1) is 10.0. The van der Waals surface area contributed by atoms with Crippen LogP contribution in [0.5, 0.6) is 11.5 Å². The molecule has 21 heavy (non-hydrogen) atoms. The van der Waals surface area contributed by atoms with E-state index in [1.165, 1.54) is 28.4 Å². The Kier molecular flexibility index (Phi) is 5.03. The van der Waals surface area contributed by atoms with E-state index in [4.69, 9.17) is 16.3 Å². The number of aromatic hydroxyl groups is 1. The van der Waals surface area contributed by atoms with Crippen LogP contribution in [-0.4, -0.2) is 34.6 Å². The van der Waals surface area contributed by atoms with Gasteiger partial charge in [0.15, 0.2) is 11.5 Å². The molecule has 0 radical (unpaired) electrons. The van der Waals surface area contributed by atoms with Crippen LogP contribution in [0.25, 0.3) is 0 Å². The first kappa shape index (κ1) is 15.6. The van der Waals surface area contributed by atoms with Crippen LogP contribution in [0.2, 0.25) is 5.02 Å². The van der Waals surface area contributed by atoms with E-state index >= 15 is 0 Å². The predicted molar refractivity (Wildman–Crippen MR) is 82.2 cm³/mol. The average molecular weight is 327 g/mol.